The van der Waals surface area contributed by atoms with Crippen LogP contribution in [0, 0.1) is 0 Å². The number of rotatable bonds is 0. The van der Waals surface area contributed by atoms with E-state index < -0.39 is 0 Å². The summed E-state index contributed by atoms with van der Waals surface area (Å²) in [5.74, 6) is 1.53. The van der Waals surface area contributed by atoms with Gasteiger partial charge in [-0.1, -0.05) is 29.8 Å². The Hall–Kier alpha value is -1.18. The number of hydrogen-bond donors (Lipinski definition) is 0. The van der Waals surface area contributed by atoms with Crippen LogP contribution in [-0.4, -0.2) is 14.5 Å². The number of hydrogen-bond acceptors (Lipinski definition) is 1. The van der Waals surface area contributed by atoms with E-state index in [9.17, 15) is 0 Å². The molecule has 15 heavy (non-hydrogen) atoms. The van der Waals surface area contributed by atoms with Gasteiger partial charge in [0.2, 0.25) is 0 Å². The van der Waals surface area contributed by atoms with E-state index in [1.54, 1.807) is 0 Å². The Bertz CT molecular complexity index is 371. The second kappa shape index (κ2) is 4.56. The molecule has 0 fully saturated rings. The van der Waals surface area contributed by atoms with E-state index in [0.29, 0.717) is 5.82 Å². The van der Waals surface area contributed by atoms with Gasteiger partial charge in [0.15, 0.2) is 0 Å². The van der Waals surface area contributed by atoms with Crippen LogP contribution >= 0.6 is 0 Å². The largest absolute Gasteiger partial charge is 0.493 e. The summed E-state index contributed by atoms with van der Waals surface area (Å²) in [6, 6.07) is 8.37. The molecule has 2 heteroatoms. The Morgan fingerprint density at radius 1 is 1.33 bits per heavy atom. The molecule has 1 nitrogen and oxygen atoms in total. The summed E-state index contributed by atoms with van der Waals surface area (Å²) < 4.78 is 5.79. The van der Waals surface area contributed by atoms with Gasteiger partial charge in [0.25, 0.3) is 0 Å². The summed E-state index contributed by atoms with van der Waals surface area (Å²) in [6.45, 7) is 3.04. The Labute approximate surface area is 92.6 Å². The predicted molar refractivity (Wildman–Crippen MR) is 66.2 cm³/mol. The number of benzene rings is 1. The molecule has 0 N–H and O–H groups in total. The highest BCUT2D eigenvalue weighted by Crippen LogP contribution is 2.30. The van der Waals surface area contributed by atoms with Crippen molar-refractivity contribution in [2.45, 2.75) is 25.6 Å². The normalized spacial score (nSPS) is 24.9. The van der Waals surface area contributed by atoms with E-state index in [0.717, 1.165) is 25.2 Å². The van der Waals surface area contributed by atoms with Crippen LogP contribution in [0.3, 0.4) is 0 Å². The zero-order valence-corrected chi connectivity index (χ0v) is 9.49. The Morgan fingerprint density at radius 3 is 3.00 bits per heavy atom. The first-order valence-electron chi connectivity index (χ1n) is 5.67. The van der Waals surface area contributed by atoms with Gasteiger partial charge in [0.1, 0.15) is 13.6 Å². The molecule has 0 amide bonds. The molecule has 1 aromatic carbocycles. The minimum Gasteiger partial charge on any atom is -0.493 e. The fraction of sp³-hybridized carbons (Fsp3) is 0.385. The summed E-state index contributed by atoms with van der Waals surface area (Å²) in [5, 5.41) is 0. The first kappa shape index (κ1) is 10.3. The van der Waals surface area contributed by atoms with Crippen molar-refractivity contribution < 1.29 is 4.74 Å². The van der Waals surface area contributed by atoms with Crippen molar-refractivity contribution in [1.82, 2.24) is 0 Å². The average Bonchev–Trinajstić information content (AvgIpc) is 2.33. The van der Waals surface area contributed by atoms with E-state index in [2.05, 4.69) is 39.0 Å². The number of fused-ring (bicyclic) bond motifs is 1. The molecule has 78 valence electrons. The maximum atomic E-state index is 5.79. The van der Waals surface area contributed by atoms with E-state index in [4.69, 9.17) is 4.74 Å². The van der Waals surface area contributed by atoms with Crippen LogP contribution < -0.4 is 4.74 Å². The Kier molecular flexibility index (Phi) is 3.15. The molecule has 1 atom stereocenters. The molecular weight excluding hydrogens is 183 g/mol. The molecule has 1 aliphatic heterocycles. The average molecular weight is 200 g/mol. The quantitative estimate of drug-likeness (QED) is 0.461. The van der Waals surface area contributed by atoms with E-state index in [1.807, 2.05) is 6.07 Å². The molecule has 0 saturated carbocycles. The van der Waals surface area contributed by atoms with Crippen LogP contribution in [-0.2, 0) is 0 Å². The highest BCUT2D eigenvalue weighted by atomic mass is 16.5. The molecule has 0 aromatic heterocycles. The number of ether oxygens (including phenoxy) is 1. The SMILES string of the molecule is BC1/C(C)=C\CCCOc2ccccc21. The monoisotopic (exact) mass is 200 g/mol. The van der Waals surface area contributed by atoms with Crippen molar-refractivity contribution >= 4 is 7.85 Å². The zero-order chi connectivity index (χ0) is 10.7. The number of para-hydroxylation sites is 1. The van der Waals surface area contributed by atoms with Crippen molar-refractivity contribution in [2.75, 3.05) is 6.61 Å². The van der Waals surface area contributed by atoms with E-state index >= 15 is 0 Å². The van der Waals surface area contributed by atoms with Gasteiger partial charge in [-0.05, 0) is 37.2 Å². The summed E-state index contributed by atoms with van der Waals surface area (Å²) >= 11 is 0. The van der Waals surface area contributed by atoms with Crippen LogP contribution in [0.1, 0.15) is 31.1 Å². The Morgan fingerprint density at radius 2 is 2.13 bits per heavy atom. The topological polar surface area (TPSA) is 9.23 Å². The smallest absolute Gasteiger partial charge is 0.122 e. The molecule has 1 aromatic rings. The van der Waals surface area contributed by atoms with Crippen molar-refractivity contribution in [3.05, 3.63) is 41.5 Å². The maximum Gasteiger partial charge on any atom is 0.122 e. The molecule has 1 heterocycles. The molecule has 1 unspecified atom stereocenters. The molecule has 0 aliphatic carbocycles. The second-order valence-corrected chi connectivity index (χ2v) is 4.20. The fourth-order valence-corrected chi connectivity index (χ4v) is 1.99. The maximum absolute atomic E-state index is 5.79. The molecule has 2 rings (SSSR count). The first-order valence-corrected chi connectivity index (χ1v) is 5.67. The van der Waals surface area contributed by atoms with Gasteiger partial charge in [-0.2, -0.15) is 0 Å². The summed E-state index contributed by atoms with van der Waals surface area (Å²) in [5.41, 5.74) is 2.76. The highest BCUT2D eigenvalue weighted by molar-refractivity contribution is 6.14. The van der Waals surface area contributed by atoms with Crippen LogP contribution in [0.4, 0.5) is 0 Å². The standard InChI is InChI=1S/C13H17BO/c1-10-6-4-5-9-15-12-8-3-2-7-11(12)13(10)14/h2-3,6-8,13H,4-5,9,14H2,1H3/b10-6-. The lowest BCUT2D eigenvalue weighted by molar-refractivity contribution is 0.310. The zero-order valence-electron chi connectivity index (χ0n) is 9.49. The highest BCUT2D eigenvalue weighted by Gasteiger charge is 2.13. The van der Waals surface area contributed by atoms with Gasteiger partial charge in [0.05, 0.1) is 6.61 Å². The minimum absolute atomic E-state index is 0.472. The molecule has 0 bridgehead atoms. The van der Waals surface area contributed by atoms with Gasteiger partial charge < -0.3 is 4.74 Å². The van der Waals surface area contributed by atoms with Gasteiger partial charge in [-0.3, -0.25) is 0 Å². The molecule has 0 saturated heterocycles. The third-order valence-electron chi connectivity index (χ3n) is 3.14. The second-order valence-electron chi connectivity index (χ2n) is 4.20. The van der Waals surface area contributed by atoms with Crippen molar-refractivity contribution in [1.29, 1.82) is 0 Å². The van der Waals surface area contributed by atoms with Crippen molar-refractivity contribution in [3.63, 3.8) is 0 Å². The van der Waals surface area contributed by atoms with Crippen molar-refractivity contribution in [3.8, 4) is 5.75 Å². The fourth-order valence-electron chi connectivity index (χ4n) is 1.99. The van der Waals surface area contributed by atoms with Crippen LogP contribution in [0.25, 0.3) is 0 Å². The predicted octanol–water partition coefficient (Wildman–Crippen LogP) is 2.48. The molecular formula is C13H17BO. The van der Waals surface area contributed by atoms with Crippen LogP contribution in [0.2, 0.25) is 0 Å². The van der Waals surface area contributed by atoms with Crippen molar-refractivity contribution in [2.24, 2.45) is 0 Å². The molecule has 0 radical (unpaired) electrons. The molecule has 1 aliphatic rings. The first-order chi connectivity index (χ1) is 7.29. The number of allylic oxidation sites excluding steroid dienone is 2. The van der Waals surface area contributed by atoms with E-state index in [1.165, 1.54) is 11.1 Å². The van der Waals surface area contributed by atoms with Gasteiger partial charge >= 0.3 is 0 Å². The van der Waals surface area contributed by atoms with Gasteiger partial charge in [0, 0.05) is 0 Å². The third kappa shape index (κ3) is 2.25. The lowest BCUT2D eigenvalue weighted by atomic mass is 9.75. The van der Waals surface area contributed by atoms with E-state index in [-0.39, 0.29) is 0 Å². The Balaban J connectivity index is 2.40. The molecule has 0 spiro atoms. The van der Waals surface area contributed by atoms with Gasteiger partial charge in [-0.25, -0.2) is 0 Å². The minimum atomic E-state index is 0.472. The summed E-state index contributed by atoms with van der Waals surface area (Å²) in [6.07, 6.45) is 4.58. The van der Waals surface area contributed by atoms with Crippen LogP contribution in [0.5, 0.6) is 5.75 Å². The third-order valence-corrected chi connectivity index (χ3v) is 3.14. The lowest BCUT2D eigenvalue weighted by Crippen LogP contribution is -2.03. The lowest BCUT2D eigenvalue weighted by Gasteiger charge is -2.16. The van der Waals surface area contributed by atoms with Gasteiger partial charge in [-0.15, -0.1) is 0 Å². The van der Waals surface area contributed by atoms with Crippen LogP contribution in [0.15, 0.2) is 35.9 Å². The summed E-state index contributed by atoms with van der Waals surface area (Å²) in [7, 11) is 2.25. The summed E-state index contributed by atoms with van der Waals surface area (Å²) in [4.78, 5) is 0.